The van der Waals surface area contributed by atoms with Crippen LogP contribution in [0.15, 0.2) is 17.0 Å². The molecule has 9 heteroatoms. The Kier molecular flexibility index (Phi) is 4.45. The van der Waals surface area contributed by atoms with E-state index in [1.165, 1.54) is 0 Å². The van der Waals surface area contributed by atoms with Crippen molar-refractivity contribution >= 4 is 16.0 Å². The molecule has 0 amide bonds. The number of benzene rings is 1. The van der Waals surface area contributed by atoms with Crippen LogP contribution in [0.5, 0.6) is 5.75 Å². The number of carbonyl (C=O) groups excluding carboxylic acids is 1. The van der Waals surface area contributed by atoms with Crippen LogP contribution in [-0.4, -0.2) is 40.8 Å². The maximum absolute atomic E-state index is 13.8. The number of nitrogens with two attached hydrogens (primary N) is 1. The first-order valence-electron chi connectivity index (χ1n) is 6.02. The standard InChI is InChI=1S/C12H14FNO6S/c1-18-11-9(13)4-7(5-10(11)21(14,16)17)12(15)20-8-2-3-19-6-8/h4-5,8H,2-3,6H2,1H3,(H2,14,16,17). The lowest BCUT2D eigenvalue weighted by molar-refractivity contribution is 0.0270. The van der Waals surface area contributed by atoms with E-state index in [0.29, 0.717) is 13.0 Å². The van der Waals surface area contributed by atoms with Gasteiger partial charge in [-0.15, -0.1) is 0 Å². The molecule has 1 unspecified atom stereocenters. The minimum absolute atomic E-state index is 0.256. The lowest BCUT2D eigenvalue weighted by Gasteiger charge is -2.12. The minimum Gasteiger partial charge on any atom is -0.492 e. The second-order valence-corrected chi connectivity index (χ2v) is 5.96. The number of primary sulfonamides is 1. The molecule has 2 rings (SSSR count). The monoisotopic (exact) mass is 319 g/mol. The molecule has 1 aromatic carbocycles. The molecule has 0 bridgehead atoms. The van der Waals surface area contributed by atoms with Gasteiger partial charge in [-0.05, 0) is 12.1 Å². The van der Waals surface area contributed by atoms with E-state index in [0.717, 1.165) is 19.2 Å². The highest BCUT2D eigenvalue weighted by Crippen LogP contribution is 2.28. The Bertz CT molecular complexity index is 654. The average Bonchev–Trinajstić information content (AvgIpc) is 2.89. The third-order valence-corrected chi connectivity index (χ3v) is 3.83. The summed E-state index contributed by atoms with van der Waals surface area (Å²) in [7, 11) is -3.15. The average molecular weight is 319 g/mol. The van der Waals surface area contributed by atoms with Crippen molar-refractivity contribution < 1.29 is 31.8 Å². The third kappa shape index (κ3) is 3.49. The van der Waals surface area contributed by atoms with Crippen molar-refractivity contribution in [1.29, 1.82) is 0 Å². The van der Waals surface area contributed by atoms with Gasteiger partial charge in [-0.25, -0.2) is 22.7 Å². The molecule has 1 aromatic rings. The molecule has 2 N–H and O–H groups in total. The summed E-state index contributed by atoms with van der Waals surface area (Å²) in [5.74, 6) is -2.41. The first kappa shape index (κ1) is 15.7. The molecule has 0 spiro atoms. The second-order valence-electron chi connectivity index (χ2n) is 4.43. The largest absolute Gasteiger partial charge is 0.492 e. The predicted molar refractivity (Wildman–Crippen MR) is 69.0 cm³/mol. The first-order chi connectivity index (χ1) is 9.82. The number of esters is 1. The van der Waals surface area contributed by atoms with Crippen LogP contribution in [0.1, 0.15) is 16.8 Å². The van der Waals surface area contributed by atoms with Crippen LogP contribution in [0, 0.1) is 5.82 Å². The van der Waals surface area contributed by atoms with Crippen molar-refractivity contribution in [3.05, 3.63) is 23.5 Å². The molecular formula is C12H14FNO6S. The summed E-state index contributed by atoms with van der Waals surface area (Å²) in [4.78, 5) is 11.3. The molecular weight excluding hydrogens is 305 g/mol. The number of hydrogen-bond acceptors (Lipinski definition) is 6. The van der Waals surface area contributed by atoms with Gasteiger partial charge in [0.25, 0.3) is 0 Å². The molecule has 1 atom stereocenters. The molecule has 1 aliphatic rings. The highest BCUT2D eigenvalue weighted by atomic mass is 32.2. The second kappa shape index (κ2) is 5.96. The van der Waals surface area contributed by atoms with E-state index in [4.69, 9.17) is 14.6 Å². The normalized spacial score (nSPS) is 18.5. The topological polar surface area (TPSA) is 105 Å². The maximum atomic E-state index is 13.8. The van der Waals surface area contributed by atoms with Gasteiger partial charge in [0.05, 0.1) is 25.9 Å². The highest BCUT2D eigenvalue weighted by Gasteiger charge is 2.25. The van der Waals surface area contributed by atoms with Crippen LogP contribution in [-0.2, 0) is 19.5 Å². The zero-order valence-corrected chi connectivity index (χ0v) is 12.0. The molecule has 1 fully saturated rings. The van der Waals surface area contributed by atoms with E-state index in [1.807, 2.05) is 0 Å². The molecule has 0 aromatic heterocycles. The van der Waals surface area contributed by atoms with Crippen molar-refractivity contribution in [3.8, 4) is 5.75 Å². The van der Waals surface area contributed by atoms with Crippen molar-refractivity contribution in [1.82, 2.24) is 0 Å². The zero-order valence-electron chi connectivity index (χ0n) is 11.2. The smallest absolute Gasteiger partial charge is 0.338 e. The van der Waals surface area contributed by atoms with Crippen molar-refractivity contribution in [2.75, 3.05) is 20.3 Å². The zero-order chi connectivity index (χ0) is 15.6. The highest BCUT2D eigenvalue weighted by molar-refractivity contribution is 7.89. The summed E-state index contributed by atoms with van der Waals surface area (Å²) in [5.41, 5.74) is -0.260. The Morgan fingerprint density at radius 3 is 2.71 bits per heavy atom. The minimum atomic E-state index is -4.25. The Balaban J connectivity index is 2.36. The van der Waals surface area contributed by atoms with Crippen molar-refractivity contribution in [2.45, 2.75) is 17.4 Å². The predicted octanol–water partition coefficient (Wildman–Crippen LogP) is 0.427. The number of halogens is 1. The Hall–Kier alpha value is -1.71. The van der Waals surface area contributed by atoms with E-state index in [9.17, 15) is 17.6 Å². The summed E-state index contributed by atoms with van der Waals surface area (Å²) in [6, 6.07) is 1.76. The summed E-state index contributed by atoms with van der Waals surface area (Å²) < 4.78 is 51.5. The first-order valence-corrected chi connectivity index (χ1v) is 7.56. The summed E-state index contributed by atoms with van der Waals surface area (Å²) in [6.07, 6.45) is 0.104. The number of sulfonamides is 1. The van der Waals surface area contributed by atoms with Crippen LogP contribution in [0.4, 0.5) is 4.39 Å². The fourth-order valence-electron chi connectivity index (χ4n) is 1.92. The Morgan fingerprint density at radius 2 is 2.19 bits per heavy atom. The van der Waals surface area contributed by atoms with Gasteiger partial charge >= 0.3 is 5.97 Å². The van der Waals surface area contributed by atoms with Gasteiger partial charge in [-0.1, -0.05) is 0 Å². The van der Waals surface area contributed by atoms with Gasteiger partial charge in [0.2, 0.25) is 10.0 Å². The molecule has 116 valence electrons. The number of carbonyl (C=O) groups is 1. The van der Waals surface area contributed by atoms with E-state index in [-0.39, 0.29) is 12.2 Å². The molecule has 1 saturated heterocycles. The van der Waals surface area contributed by atoms with Gasteiger partial charge in [-0.3, -0.25) is 0 Å². The van der Waals surface area contributed by atoms with Gasteiger partial charge in [0, 0.05) is 6.42 Å². The van der Waals surface area contributed by atoms with Crippen LogP contribution in [0.3, 0.4) is 0 Å². The van der Waals surface area contributed by atoms with E-state index < -0.39 is 38.6 Å². The van der Waals surface area contributed by atoms with Crippen LogP contribution in [0.2, 0.25) is 0 Å². The SMILES string of the molecule is COc1c(F)cc(C(=O)OC2CCOC2)cc1S(N)(=O)=O. The lowest BCUT2D eigenvalue weighted by Crippen LogP contribution is -2.20. The summed E-state index contributed by atoms with van der Waals surface area (Å²) in [6.45, 7) is 0.726. The molecule has 0 radical (unpaired) electrons. The molecule has 7 nitrogen and oxygen atoms in total. The van der Waals surface area contributed by atoms with Crippen molar-refractivity contribution in [3.63, 3.8) is 0 Å². The lowest BCUT2D eigenvalue weighted by atomic mass is 10.2. The fraction of sp³-hybridized carbons (Fsp3) is 0.417. The number of hydrogen-bond donors (Lipinski definition) is 1. The van der Waals surface area contributed by atoms with Crippen LogP contribution < -0.4 is 9.88 Å². The van der Waals surface area contributed by atoms with Gasteiger partial charge in [0.1, 0.15) is 11.0 Å². The van der Waals surface area contributed by atoms with Crippen LogP contribution in [0.25, 0.3) is 0 Å². The van der Waals surface area contributed by atoms with Gasteiger partial charge in [-0.2, -0.15) is 0 Å². The van der Waals surface area contributed by atoms with E-state index in [1.54, 1.807) is 0 Å². The Labute approximate surface area is 120 Å². The van der Waals surface area contributed by atoms with Gasteiger partial charge in [0.15, 0.2) is 11.6 Å². The maximum Gasteiger partial charge on any atom is 0.338 e. The Morgan fingerprint density at radius 1 is 1.48 bits per heavy atom. The van der Waals surface area contributed by atoms with Crippen molar-refractivity contribution in [2.24, 2.45) is 5.14 Å². The van der Waals surface area contributed by atoms with E-state index in [2.05, 4.69) is 4.74 Å². The molecule has 0 saturated carbocycles. The summed E-state index contributed by atoms with van der Waals surface area (Å²) >= 11 is 0. The van der Waals surface area contributed by atoms with Crippen LogP contribution >= 0.6 is 0 Å². The quantitative estimate of drug-likeness (QED) is 0.807. The number of rotatable bonds is 4. The third-order valence-electron chi connectivity index (χ3n) is 2.92. The van der Waals surface area contributed by atoms with Gasteiger partial charge < -0.3 is 14.2 Å². The summed E-state index contributed by atoms with van der Waals surface area (Å²) in [5, 5.41) is 4.99. The number of methoxy groups -OCH3 is 1. The number of ether oxygens (including phenoxy) is 3. The molecule has 1 aliphatic heterocycles. The van der Waals surface area contributed by atoms with E-state index >= 15 is 0 Å². The molecule has 21 heavy (non-hydrogen) atoms. The molecule has 1 heterocycles. The fourth-order valence-corrected chi connectivity index (χ4v) is 2.65. The molecule has 0 aliphatic carbocycles.